The molecule has 3 rings (SSSR count). The fourth-order valence-corrected chi connectivity index (χ4v) is 3.42. The van der Waals surface area contributed by atoms with Crippen LogP contribution in [-0.2, 0) is 4.79 Å². The van der Waals surface area contributed by atoms with Gasteiger partial charge in [-0.15, -0.1) is 0 Å². The van der Waals surface area contributed by atoms with Gasteiger partial charge in [-0.25, -0.2) is 0 Å². The van der Waals surface area contributed by atoms with E-state index >= 15 is 0 Å². The molecule has 0 aromatic heterocycles. The van der Waals surface area contributed by atoms with Gasteiger partial charge in [-0.2, -0.15) is 0 Å². The molecule has 1 aliphatic rings. The van der Waals surface area contributed by atoms with Gasteiger partial charge in [-0.05, 0) is 73.9 Å². The Morgan fingerprint density at radius 3 is 2.16 bits per heavy atom. The third-order valence-corrected chi connectivity index (χ3v) is 5.10. The summed E-state index contributed by atoms with van der Waals surface area (Å²) >= 11 is 0. The fraction of sp³-hybridized carbons (Fsp3) is 0.360. The Bertz CT molecular complexity index is 883. The van der Waals surface area contributed by atoms with Gasteiger partial charge in [-0.1, -0.05) is 19.4 Å². The van der Waals surface area contributed by atoms with Crippen LogP contribution in [0.2, 0.25) is 0 Å². The third-order valence-electron chi connectivity index (χ3n) is 5.10. The van der Waals surface area contributed by atoms with Crippen LogP contribution in [0.15, 0.2) is 60.7 Å². The Morgan fingerprint density at radius 1 is 0.935 bits per heavy atom. The standard InChI is InChI=1S/C25H31N3O3/c1-19(2)18-31-23-13-11-22(12-14-23)27-24(29)17-26-21-9-7-20(8-10-21)25(30)28-15-5-3-4-6-16-28/h7-14,26H,1,3-6,15-18H2,2H3,(H,27,29). The van der Waals surface area contributed by atoms with Crippen LogP contribution in [-0.4, -0.2) is 43.0 Å². The molecule has 2 amide bonds. The van der Waals surface area contributed by atoms with Gasteiger partial charge in [0.25, 0.3) is 5.91 Å². The first-order chi connectivity index (χ1) is 15.0. The molecule has 0 spiro atoms. The number of ether oxygens (including phenoxy) is 1. The summed E-state index contributed by atoms with van der Waals surface area (Å²) in [7, 11) is 0. The molecule has 2 aromatic rings. The highest BCUT2D eigenvalue weighted by atomic mass is 16.5. The van der Waals surface area contributed by atoms with Crippen molar-refractivity contribution in [2.24, 2.45) is 0 Å². The number of hydrogen-bond acceptors (Lipinski definition) is 4. The number of carbonyl (C=O) groups excluding carboxylic acids is 2. The average Bonchev–Trinajstić information content (AvgIpc) is 3.07. The number of anilines is 2. The van der Waals surface area contributed by atoms with Gasteiger partial charge < -0.3 is 20.3 Å². The summed E-state index contributed by atoms with van der Waals surface area (Å²) in [5.74, 6) is 0.663. The molecule has 1 heterocycles. The van der Waals surface area contributed by atoms with Crippen molar-refractivity contribution in [2.75, 3.05) is 36.9 Å². The quantitative estimate of drug-likeness (QED) is 0.606. The fourth-order valence-electron chi connectivity index (χ4n) is 3.42. The maximum Gasteiger partial charge on any atom is 0.253 e. The molecule has 1 aliphatic heterocycles. The molecule has 0 atom stereocenters. The van der Waals surface area contributed by atoms with Crippen molar-refractivity contribution in [3.8, 4) is 5.75 Å². The minimum Gasteiger partial charge on any atom is -0.489 e. The highest BCUT2D eigenvalue weighted by Crippen LogP contribution is 2.17. The number of nitrogens with zero attached hydrogens (tertiary/aromatic N) is 1. The first kappa shape index (κ1) is 22.4. The molecule has 2 N–H and O–H groups in total. The van der Waals surface area contributed by atoms with Crippen LogP contribution in [0.3, 0.4) is 0 Å². The second kappa shape index (κ2) is 11.2. The number of likely N-dealkylation sites (tertiary alicyclic amines) is 1. The number of carbonyl (C=O) groups is 2. The lowest BCUT2D eigenvalue weighted by atomic mass is 10.1. The predicted molar refractivity (Wildman–Crippen MR) is 125 cm³/mol. The molecule has 164 valence electrons. The lowest BCUT2D eigenvalue weighted by Gasteiger charge is -2.20. The van der Waals surface area contributed by atoms with Crippen LogP contribution >= 0.6 is 0 Å². The molecule has 6 nitrogen and oxygen atoms in total. The van der Waals surface area contributed by atoms with Crippen molar-refractivity contribution < 1.29 is 14.3 Å². The molecule has 0 saturated carbocycles. The molecule has 2 aromatic carbocycles. The Balaban J connectivity index is 1.45. The molecule has 0 bridgehead atoms. The summed E-state index contributed by atoms with van der Waals surface area (Å²) in [5.41, 5.74) is 3.13. The van der Waals surface area contributed by atoms with Crippen LogP contribution in [0.4, 0.5) is 11.4 Å². The summed E-state index contributed by atoms with van der Waals surface area (Å²) in [6, 6.07) is 14.5. The second-order valence-corrected chi connectivity index (χ2v) is 7.96. The van der Waals surface area contributed by atoms with Crippen LogP contribution < -0.4 is 15.4 Å². The van der Waals surface area contributed by atoms with Gasteiger partial charge in [0, 0.05) is 30.0 Å². The SMILES string of the molecule is C=C(C)COc1ccc(NC(=O)CNc2ccc(C(=O)N3CCCCCC3)cc2)cc1. The van der Waals surface area contributed by atoms with Gasteiger partial charge in [0.2, 0.25) is 5.91 Å². The Hall–Kier alpha value is -3.28. The van der Waals surface area contributed by atoms with Crippen molar-refractivity contribution in [3.05, 3.63) is 66.2 Å². The van der Waals surface area contributed by atoms with E-state index in [4.69, 9.17) is 4.74 Å². The molecule has 6 heteroatoms. The van der Waals surface area contributed by atoms with E-state index in [0.717, 1.165) is 42.9 Å². The monoisotopic (exact) mass is 421 g/mol. The largest absolute Gasteiger partial charge is 0.489 e. The summed E-state index contributed by atoms with van der Waals surface area (Å²) in [6.07, 6.45) is 4.54. The van der Waals surface area contributed by atoms with Crippen molar-refractivity contribution in [1.82, 2.24) is 4.90 Å². The second-order valence-electron chi connectivity index (χ2n) is 7.96. The molecule has 0 unspecified atom stereocenters. The summed E-state index contributed by atoms with van der Waals surface area (Å²) in [4.78, 5) is 26.8. The summed E-state index contributed by atoms with van der Waals surface area (Å²) < 4.78 is 5.55. The number of benzene rings is 2. The van der Waals surface area contributed by atoms with E-state index in [1.54, 1.807) is 12.1 Å². The van der Waals surface area contributed by atoms with Crippen molar-refractivity contribution in [3.63, 3.8) is 0 Å². The normalized spacial score (nSPS) is 13.8. The number of nitrogens with one attached hydrogen (secondary N) is 2. The molecule has 0 aliphatic carbocycles. The molecular weight excluding hydrogens is 390 g/mol. The third kappa shape index (κ3) is 7.17. The lowest BCUT2D eigenvalue weighted by Crippen LogP contribution is -2.31. The van der Waals surface area contributed by atoms with E-state index in [1.165, 1.54) is 12.8 Å². The zero-order valence-corrected chi connectivity index (χ0v) is 18.2. The van der Waals surface area contributed by atoms with Gasteiger partial charge >= 0.3 is 0 Å². The molecule has 1 fully saturated rings. The zero-order valence-electron chi connectivity index (χ0n) is 18.2. The first-order valence-corrected chi connectivity index (χ1v) is 10.8. The van der Waals surface area contributed by atoms with E-state index in [-0.39, 0.29) is 18.4 Å². The zero-order chi connectivity index (χ0) is 22.1. The Morgan fingerprint density at radius 2 is 1.55 bits per heavy atom. The Kier molecular flexibility index (Phi) is 8.10. The maximum absolute atomic E-state index is 12.7. The average molecular weight is 422 g/mol. The number of rotatable bonds is 8. The number of hydrogen-bond donors (Lipinski definition) is 2. The van der Waals surface area contributed by atoms with E-state index in [0.29, 0.717) is 17.9 Å². The van der Waals surface area contributed by atoms with Gasteiger partial charge in [0.05, 0.1) is 6.54 Å². The highest BCUT2D eigenvalue weighted by Gasteiger charge is 2.17. The number of amides is 2. The van der Waals surface area contributed by atoms with E-state index < -0.39 is 0 Å². The molecule has 0 radical (unpaired) electrons. The smallest absolute Gasteiger partial charge is 0.253 e. The summed E-state index contributed by atoms with van der Waals surface area (Å²) in [5, 5.41) is 5.94. The molecule has 1 saturated heterocycles. The van der Waals surface area contributed by atoms with E-state index in [1.807, 2.05) is 48.2 Å². The minimum atomic E-state index is -0.152. The van der Waals surface area contributed by atoms with E-state index in [9.17, 15) is 9.59 Å². The van der Waals surface area contributed by atoms with Gasteiger partial charge in [0.1, 0.15) is 12.4 Å². The van der Waals surface area contributed by atoms with E-state index in [2.05, 4.69) is 17.2 Å². The van der Waals surface area contributed by atoms with Gasteiger partial charge in [-0.3, -0.25) is 9.59 Å². The molecular formula is C25H31N3O3. The summed E-state index contributed by atoms with van der Waals surface area (Å²) in [6.45, 7) is 7.98. The maximum atomic E-state index is 12.7. The molecule has 31 heavy (non-hydrogen) atoms. The minimum absolute atomic E-state index is 0.0851. The van der Waals surface area contributed by atoms with Crippen LogP contribution in [0.25, 0.3) is 0 Å². The van der Waals surface area contributed by atoms with Crippen molar-refractivity contribution in [1.29, 1.82) is 0 Å². The van der Waals surface area contributed by atoms with Crippen LogP contribution in [0.1, 0.15) is 43.0 Å². The van der Waals surface area contributed by atoms with Crippen LogP contribution in [0.5, 0.6) is 5.75 Å². The first-order valence-electron chi connectivity index (χ1n) is 10.8. The van der Waals surface area contributed by atoms with Crippen LogP contribution in [0, 0.1) is 0 Å². The lowest BCUT2D eigenvalue weighted by molar-refractivity contribution is -0.114. The highest BCUT2D eigenvalue weighted by molar-refractivity contribution is 5.95. The van der Waals surface area contributed by atoms with Gasteiger partial charge in [0.15, 0.2) is 0 Å². The predicted octanol–water partition coefficient (Wildman–Crippen LogP) is 4.71. The topological polar surface area (TPSA) is 70.7 Å². The Labute approximate surface area is 184 Å². The van der Waals surface area contributed by atoms with Crippen molar-refractivity contribution in [2.45, 2.75) is 32.6 Å². The van der Waals surface area contributed by atoms with Crippen molar-refractivity contribution >= 4 is 23.2 Å².